The summed E-state index contributed by atoms with van der Waals surface area (Å²) in [6.45, 7) is 2.41. The third kappa shape index (κ3) is 2.91. The summed E-state index contributed by atoms with van der Waals surface area (Å²) in [5, 5.41) is 2.91. The molecule has 1 heterocycles. The predicted molar refractivity (Wildman–Crippen MR) is 49.9 cm³/mol. The molecule has 3 N–H and O–H groups in total. The van der Waals surface area contributed by atoms with Crippen LogP contribution in [0.2, 0.25) is 0 Å². The van der Waals surface area contributed by atoms with Gasteiger partial charge in [0, 0.05) is 6.42 Å². The Morgan fingerprint density at radius 3 is 3.00 bits per heavy atom. The Kier molecular flexibility index (Phi) is 3.59. The largest absolute Gasteiger partial charge is 0.345 e. The number of carbonyl (C=O) groups excluding carboxylic acids is 1. The normalized spacial score (nSPS) is 34.2. The minimum Gasteiger partial charge on any atom is -0.345 e. The second-order valence-corrected chi connectivity index (χ2v) is 3.17. The molecule has 13 heavy (non-hydrogen) atoms. The summed E-state index contributed by atoms with van der Waals surface area (Å²) < 4.78 is 5.27. The molecule has 1 aliphatic rings. The first-order valence-corrected chi connectivity index (χ1v) is 4.51. The summed E-state index contributed by atoms with van der Waals surface area (Å²) in [5.41, 5.74) is 5.82. The number of aldehydes is 1. The molecule has 74 valence electrons. The maximum atomic E-state index is 10.4. The van der Waals surface area contributed by atoms with Gasteiger partial charge in [0.05, 0.1) is 12.6 Å². The molecule has 0 radical (unpaired) electrons. The van der Waals surface area contributed by atoms with Gasteiger partial charge in [-0.1, -0.05) is 19.1 Å². The van der Waals surface area contributed by atoms with Crippen LogP contribution in [-0.4, -0.2) is 24.8 Å². The van der Waals surface area contributed by atoms with Crippen LogP contribution in [0.4, 0.5) is 0 Å². The molecule has 0 amide bonds. The van der Waals surface area contributed by atoms with Crippen molar-refractivity contribution in [1.29, 1.82) is 0 Å². The van der Waals surface area contributed by atoms with Gasteiger partial charge in [-0.3, -0.25) is 11.1 Å². The fraction of sp³-hybridized carbons (Fsp3) is 0.667. The Balaban J connectivity index is 2.40. The van der Waals surface area contributed by atoms with E-state index in [-0.39, 0.29) is 6.04 Å². The van der Waals surface area contributed by atoms with Gasteiger partial charge in [-0.25, -0.2) is 0 Å². The van der Waals surface area contributed by atoms with Crippen molar-refractivity contribution in [3.63, 3.8) is 0 Å². The number of hydrogen-bond donors (Lipinski definition) is 2. The first-order chi connectivity index (χ1) is 6.20. The number of nitrogens with two attached hydrogens (primary N) is 1. The second kappa shape index (κ2) is 4.50. The summed E-state index contributed by atoms with van der Waals surface area (Å²) in [7, 11) is 0. The lowest BCUT2D eigenvalue weighted by molar-refractivity contribution is -0.109. The highest BCUT2D eigenvalue weighted by molar-refractivity contribution is 5.58. The molecule has 0 bridgehead atoms. The molecule has 1 rings (SSSR count). The zero-order chi connectivity index (χ0) is 9.73. The van der Waals surface area contributed by atoms with Gasteiger partial charge in [0.25, 0.3) is 0 Å². The minimum atomic E-state index is -0.850. The standard InChI is InChI=1S/C9H16N2O2/c1-2-3-4-5-9(10)11-8(6-12)7-13-9/h3-4,6,8,11H,2,5,7,10H2,1H3. The first kappa shape index (κ1) is 10.4. The van der Waals surface area contributed by atoms with E-state index < -0.39 is 5.85 Å². The molecule has 1 aliphatic heterocycles. The van der Waals surface area contributed by atoms with Crippen molar-refractivity contribution in [1.82, 2.24) is 5.32 Å². The van der Waals surface area contributed by atoms with E-state index in [1.165, 1.54) is 0 Å². The lowest BCUT2D eigenvalue weighted by Gasteiger charge is -2.21. The summed E-state index contributed by atoms with van der Waals surface area (Å²) >= 11 is 0. The highest BCUT2D eigenvalue weighted by Gasteiger charge is 2.34. The molecule has 0 saturated carbocycles. The smallest absolute Gasteiger partial charge is 0.176 e. The van der Waals surface area contributed by atoms with Crippen molar-refractivity contribution in [2.45, 2.75) is 31.7 Å². The average molecular weight is 184 g/mol. The van der Waals surface area contributed by atoms with Crippen LogP contribution in [0.1, 0.15) is 19.8 Å². The molecule has 2 atom stereocenters. The van der Waals surface area contributed by atoms with E-state index in [1.54, 1.807) is 0 Å². The third-order valence-electron chi connectivity index (χ3n) is 1.94. The van der Waals surface area contributed by atoms with Gasteiger partial charge in [-0.2, -0.15) is 0 Å². The number of allylic oxidation sites excluding steroid dienone is 1. The number of hydrogen-bond acceptors (Lipinski definition) is 4. The van der Waals surface area contributed by atoms with E-state index in [0.29, 0.717) is 13.0 Å². The number of rotatable bonds is 4. The Hall–Kier alpha value is -0.710. The Bertz CT molecular complexity index is 206. The van der Waals surface area contributed by atoms with E-state index in [9.17, 15) is 4.79 Å². The lowest BCUT2D eigenvalue weighted by atomic mass is 10.2. The topological polar surface area (TPSA) is 64.3 Å². The molecule has 2 unspecified atom stereocenters. The Labute approximate surface area is 78.1 Å². The molecule has 0 aromatic heterocycles. The van der Waals surface area contributed by atoms with Crippen LogP contribution in [0.25, 0.3) is 0 Å². The van der Waals surface area contributed by atoms with Gasteiger partial charge in [-0.15, -0.1) is 0 Å². The fourth-order valence-electron chi connectivity index (χ4n) is 1.25. The number of carbonyl (C=O) groups is 1. The van der Waals surface area contributed by atoms with Crippen LogP contribution in [-0.2, 0) is 9.53 Å². The van der Waals surface area contributed by atoms with Crippen LogP contribution in [0, 0.1) is 0 Å². The zero-order valence-electron chi connectivity index (χ0n) is 7.82. The lowest BCUT2D eigenvalue weighted by Crippen LogP contribution is -2.52. The highest BCUT2D eigenvalue weighted by Crippen LogP contribution is 2.13. The van der Waals surface area contributed by atoms with Gasteiger partial charge < -0.3 is 9.53 Å². The number of nitrogens with one attached hydrogen (secondary N) is 1. The molecule has 0 spiro atoms. The minimum absolute atomic E-state index is 0.264. The van der Waals surface area contributed by atoms with Gasteiger partial charge >= 0.3 is 0 Å². The molecule has 0 aromatic rings. The van der Waals surface area contributed by atoms with Crippen LogP contribution in [0.15, 0.2) is 12.2 Å². The summed E-state index contributed by atoms with van der Waals surface area (Å²) in [6.07, 6.45) is 6.37. The molecular formula is C9H16N2O2. The molecular weight excluding hydrogens is 168 g/mol. The quantitative estimate of drug-likeness (QED) is 0.482. The molecule has 4 nitrogen and oxygen atoms in total. The molecule has 1 saturated heterocycles. The molecule has 0 aliphatic carbocycles. The highest BCUT2D eigenvalue weighted by atomic mass is 16.5. The van der Waals surface area contributed by atoms with E-state index in [0.717, 1.165) is 12.7 Å². The number of ether oxygens (including phenoxy) is 1. The van der Waals surface area contributed by atoms with Gasteiger partial charge in [0.15, 0.2) is 5.85 Å². The maximum Gasteiger partial charge on any atom is 0.176 e. The first-order valence-electron chi connectivity index (χ1n) is 4.51. The van der Waals surface area contributed by atoms with Crippen molar-refractivity contribution in [3.05, 3.63) is 12.2 Å². The van der Waals surface area contributed by atoms with Crippen molar-refractivity contribution < 1.29 is 9.53 Å². The van der Waals surface area contributed by atoms with Crippen LogP contribution < -0.4 is 11.1 Å². The second-order valence-electron chi connectivity index (χ2n) is 3.17. The van der Waals surface area contributed by atoms with Crippen LogP contribution in [0.5, 0.6) is 0 Å². The Morgan fingerprint density at radius 1 is 1.69 bits per heavy atom. The summed E-state index contributed by atoms with van der Waals surface area (Å²) in [6, 6.07) is -0.264. The summed E-state index contributed by atoms with van der Waals surface area (Å²) in [5.74, 6) is -0.850. The van der Waals surface area contributed by atoms with Crippen LogP contribution in [0.3, 0.4) is 0 Å². The van der Waals surface area contributed by atoms with Crippen LogP contribution >= 0.6 is 0 Å². The van der Waals surface area contributed by atoms with E-state index in [4.69, 9.17) is 10.5 Å². The third-order valence-corrected chi connectivity index (χ3v) is 1.94. The van der Waals surface area contributed by atoms with Crippen molar-refractivity contribution in [2.24, 2.45) is 5.73 Å². The van der Waals surface area contributed by atoms with E-state index >= 15 is 0 Å². The molecule has 4 heteroatoms. The van der Waals surface area contributed by atoms with E-state index in [1.807, 2.05) is 12.2 Å². The van der Waals surface area contributed by atoms with Crippen molar-refractivity contribution in [2.75, 3.05) is 6.61 Å². The molecule has 1 fully saturated rings. The van der Waals surface area contributed by atoms with Gasteiger partial charge in [0.1, 0.15) is 6.29 Å². The monoisotopic (exact) mass is 184 g/mol. The summed E-state index contributed by atoms with van der Waals surface area (Å²) in [4.78, 5) is 10.4. The Morgan fingerprint density at radius 2 is 2.46 bits per heavy atom. The predicted octanol–water partition coefficient (Wildman–Crippen LogP) is 0.142. The van der Waals surface area contributed by atoms with Gasteiger partial charge in [0.2, 0.25) is 0 Å². The SMILES string of the molecule is CCC=CCC1(N)NC(C=O)CO1. The molecule has 0 aromatic carbocycles. The van der Waals surface area contributed by atoms with Crippen molar-refractivity contribution >= 4 is 6.29 Å². The average Bonchev–Trinajstić information content (AvgIpc) is 2.49. The van der Waals surface area contributed by atoms with E-state index in [2.05, 4.69) is 12.2 Å². The zero-order valence-corrected chi connectivity index (χ0v) is 7.82. The van der Waals surface area contributed by atoms with Gasteiger partial charge in [-0.05, 0) is 6.42 Å². The fourth-order valence-corrected chi connectivity index (χ4v) is 1.25. The maximum absolute atomic E-state index is 10.4. The van der Waals surface area contributed by atoms with Crippen molar-refractivity contribution in [3.8, 4) is 0 Å².